The topological polar surface area (TPSA) is 40.5 Å². The molecule has 3 saturated carbocycles. The third-order valence-electron chi connectivity index (χ3n) is 10.3. The Kier molecular flexibility index (Phi) is 5.78. The van der Waals surface area contributed by atoms with E-state index in [2.05, 4.69) is 40.7 Å². The van der Waals surface area contributed by atoms with E-state index in [1.54, 1.807) is 5.57 Å². The first-order valence-electron chi connectivity index (χ1n) is 12.7. The summed E-state index contributed by atoms with van der Waals surface area (Å²) in [4.78, 5) is 0. The lowest BCUT2D eigenvalue weighted by Crippen LogP contribution is -2.53. The molecule has 0 aromatic heterocycles. The molecule has 0 aromatic rings. The normalized spacial score (nSPS) is 46.5. The number of hydrogen-bond donors (Lipinski definition) is 2. The molecule has 0 aliphatic heterocycles. The lowest BCUT2D eigenvalue weighted by atomic mass is 9.46. The molecule has 8 atom stereocenters. The fraction of sp³-hybridized carbons (Fsp3) is 0.926. The Morgan fingerprint density at radius 1 is 1.10 bits per heavy atom. The van der Waals surface area contributed by atoms with Crippen LogP contribution in [0.3, 0.4) is 0 Å². The summed E-state index contributed by atoms with van der Waals surface area (Å²) in [6, 6.07) is 0. The fourth-order valence-corrected chi connectivity index (χ4v) is 8.71. The van der Waals surface area contributed by atoms with Crippen LogP contribution in [0.1, 0.15) is 105 Å². The second-order valence-corrected chi connectivity index (χ2v) is 12.5. The van der Waals surface area contributed by atoms with E-state index >= 15 is 0 Å². The zero-order chi connectivity index (χ0) is 21.0. The molecule has 1 unspecified atom stereocenters. The summed E-state index contributed by atoms with van der Waals surface area (Å²) in [7, 11) is 0. The summed E-state index contributed by atoms with van der Waals surface area (Å²) in [5.41, 5.74) is 1.68. The van der Waals surface area contributed by atoms with E-state index in [-0.39, 0.29) is 6.10 Å². The minimum absolute atomic E-state index is 0.114. The van der Waals surface area contributed by atoms with Gasteiger partial charge in [0.05, 0.1) is 11.7 Å². The number of fused-ring (bicyclic) bond motifs is 5. The molecule has 4 aliphatic carbocycles. The van der Waals surface area contributed by atoms with Gasteiger partial charge in [-0.3, -0.25) is 0 Å². The van der Waals surface area contributed by atoms with Crippen molar-refractivity contribution >= 4 is 0 Å². The first kappa shape index (κ1) is 21.9. The highest BCUT2D eigenvalue weighted by atomic mass is 16.3. The van der Waals surface area contributed by atoms with Crippen LogP contribution in [-0.4, -0.2) is 21.9 Å². The quantitative estimate of drug-likeness (QED) is 0.515. The van der Waals surface area contributed by atoms with Crippen LogP contribution in [0.2, 0.25) is 0 Å². The van der Waals surface area contributed by atoms with Gasteiger partial charge in [0.1, 0.15) is 0 Å². The predicted octanol–water partition coefficient (Wildman–Crippen LogP) is 6.50. The van der Waals surface area contributed by atoms with Crippen LogP contribution >= 0.6 is 0 Å². The van der Waals surface area contributed by atoms with Crippen molar-refractivity contribution in [3.8, 4) is 0 Å². The maximum atomic E-state index is 11.6. The Bertz CT molecular complexity index is 634. The molecule has 0 amide bonds. The first-order chi connectivity index (χ1) is 13.6. The minimum Gasteiger partial charge on any atom is -0.393 e. The van der Waals surface area contributed by atoms with Gasteiger partial charge in [0, 0.05) is 0 Å². The van der Waals surface area contributed by atoms with Crippen molar-refractivity contribution in [3.63, 3.8) is 0 Å². The van der Waals surface area contributed by atoms with Gasteiger partial charge < -0.3 is 10.2 Å². The van der Waals surface area contributed by atoms with Crippen molar-refractivity contribution < 1.29 is 10.2 Å². The highest BCUT2D eigenvalue weighted by molar-refractivity contribution is 5.25. The van der Waals surface area contributed by atoms with Crippen LogP contribution in [0, 0.1) is 40.4 Å². The first-order valence-corrected chi connectivity index (χ1v) is 12.7. The Balaban J connectivity index is 1.53. The fourth-order valence-electron chi connectivity index (χ4n) is 8.71. The highest BCUT2D eigenvalue weighted by Gasteiger charge is 2.61. The molecule has 2 heteroatoms. The van der Waals surface area contributed by atoms with Gasteiger partial charge in [-0.25, -0.2) is 0 Å². The molecule has 0 aromatic carbocycles. The van der Waals surface area contributed by atoms with Gasteiger partial charge in [-0.05, 0) is 105 Å². The van der Waals surface area contributed by atoms with E-state index in [0.717, 1.165) is 49.4 Å². The van der Waals surface area contributed by atoms with Crippen molar-refractivity contribution in [2.24, 2.45) is 40.4 Å². The van der Waals surface area contributed by atoms with Crippen LogP contribution in [0.4, 0.5) is 0 Å². The Morgan fingerprint density at radius 3 is 2.59 bits per heavy atom. The molecule has 0 saturated heterocycles. The smallest absolute Gasteiger partial charge is 0.0653 e. The largest absolute Gasteiger partial charge is 0.393 e. The average molecular weight is 403 g/mol. The monoisotopic (exact) mass is 402 g/mol. The van der Waals surface area contributed by atoms with Gasteiger partial charge in [-0.15, -0.1) is 0 Å². The molecule has 4 rings (SSSR count). The van der Waals surface area contributed by atoms with E-state index in [1.165, 1.54) is 44.9 Å². The minimum atomic E-state index is -0.514. The van der Waals surface area contributed by atoms with Gasteiger partial charge >= 0.3 is 0 Å². The summed E-state index contributed by atoms with van der Waals surface area (Å²) in [5.74, 6) is 3.53. The van der Waals surface area contributed by atoms with E-state index in [9.17, 15) is 10.2 Å². The Morgan fingerprint density at radius 2 is 1.86 bits per heavy atom. The molecular formula is C27H46O2. The number of rotatable bonds is 5. The van der Waals surface area contributed by atoms with Gasteiger partial charge in [0.25, 0.3) is 0 Å². The van der Waals surface area contributed by atoms with E-state index in [1.807, 2.05) is 0 Å². The summed E-state index contributed by atoms with van der Waals surface area (Å²) in [6.07, 6.45) is 15.2. The molecule has 3 fully saturated rings. The number of aliphatic hydroxyl groups excluding tert-OH is 1. The SMILES string of the molecule is CC(C)CCC[C@@](C)(O)C1CC[C@H]2[C@@H]3CC=C4C[C@@H](O)CC[C@]4(C)[C@H]3CC[C@]12C. The van der Waals surface area contributed by atoms with Crippen molar-refractivity contribution in [2.75, 3.05) is 0 Å². The van der Waals surface area contributed by atoms with Crippen LogP contribution in [0.5, 0.6) is 0 Å². The van der Waals surface area contributed by atoms with Crippen molar-refractivity contribution in [1.82, 2.24) is 0 Å². The van der Waals surface area contributed by atoms with Gasteiger partial charge in [-0.1, -0.05) is 52.2 Å². The zero-order valence-electron chi connectivity index (χ0n) is 19.7. The van der Waals surface area contributed by atoms with Gasteiger partial charge in [0.2, 0.25) is 0 Å². The van der Waals surface area contributed by atoms with Crippen LogP contribution in [0.25, 0.3) is 0 Å². The maximum Gasteiger partial charge on any atom is 0.0653 e. The Labute approximate surface area is 179 Å². The van der Waals surface area contributed by atoms with Crippen molar-refractivity contribution in [2.45, 2.75) is 117 Å². The molecule has 4 aliphatic rings. The molecule has 29 heavy (non-hydrogen) atoms. The predicted molar refractivity (Wildman–Crippen MR) is 121 cm³/mol. The van der Waals surface area contributed by atoms with E-state index in [4.69, 9.17) is 0 Å². The lowest BCUT2D eigenvalue weighted by molar-refractivity contribution is -0.105. The molecular weight excluding hydrogens is 356 g/mol. The summed E-state index contributed by atoms with van der Waals surface area (Å²) in [5, 5.41) is 21.8. The van der Waals surface area contributed by atoms with Gasteiger partial charge in [-0.2, -0.15) is 0 Å². The molecule has 2 nitrogen and oxygen atoms in total. The summed E-state index contributed by atoms with van der Waals surface area (Å²) >= 11 is 0. The summed E-state index contributed by atoms with van der Waals surface area (Å²) < 4.78 is 0. The molecule has 2 N–H and O–H groups in total. The third-order valence-corrected chi connectivity index (χ3v) is 10.3. The highest BCUT2D eigenvalue weighted by Crippen LogP contribution is 2.67. The van der Waals surface area contributed by atoms with Crippen LogP contribution in [-0.2, 0) is 0 Å². The number of aliphatic hydroxyl groups is 2. The lowest BCUT2D eigenvalue weighted by Gasteiger charge is -2.59. The standard InChI is InChI=1S/C27H46O2/c1-18(2)7-6-14-27(5,29)24-11-10-22-21-9-8-19-17-20(28)12-15-25(19,3)23(21)13-16-26(22,24)4/h8,18,20-24,28-29H,6-7,9-17H2,1-5H3/t20-,21-,22-,23-,24?,25-,26-,27+/m0/s1. The van der Waals surface area contributed by atoms with Crippen LogP contribution in [0.15, 0.2) is 11.6 Å². The number of allylic oxidation sites excluding steroid dienone is 1. The second-order valence-electron chi connectivity index (χ2n) is 12.5. The summed E-state index contributed by atoms with van der Waals surface area (Å²) in [6.45, 7) is 11.8. The maximum absolute atomic E-state index is 11.6. The molecule has 166 valence electrons. The van der Waals surface area contributed by atoms with Crippen molar-refractivity contribution in [3.05, 3.63) is 11.6 Å². The van der Waals surface area contributed by atoms with E-state index < -0.39 is 5.60 Å². The van der Waals surface area contributed by atoms with Crippen LogP contribution < -0.4 is 0 Å². The third kappa shape index (κ3) is 3.65. The molecule has 0 spiro atoms. The molecule has 0 bridgehead atoms. The van der Waals surface area contributed by atoms with E-state index in [0.29, 0.717) is 16.7 Å². The molecule has 0 radical (unpaired) electrons. The average Bonchev–Trinajstić information content (AvgIpc) is 3.00. The zero-order valence-corrected chi connectivity index (χ0v) is 19.7. The van der Waals surface area contributed by atoms with Gasteiger partial charge in [0.15, 0.2) is 0 Å². The second kappa shape index (κ2) is 7.66. The Hall–Kier alpha value is -0.340. The molecule has 0 heterocycles. The number of hydrogen-bond acceptors (Lipinski definition) is 2. The van der Waals surface area contributed by atoms with Crippen molar-refractivity contribution in [1.29, 1.82) is 0 Å².